The smallest absolute Gasteiger partial charge is 0.294 e. The maximum atomic E-state index is 11.4. The summed E-state index contributed by atoms with van der Waals surface area (Å²) in [7, 11) is -8.13. The molecule has 0 saturated carbocycles. The summed E-state index contributed by atoms with van der Waals surface area (Å²) in [4.78, 5) is -0.454. The molecule has 0 aliphatic carbocycles. The largest absolute Gasteiger partial charge is 0.454 e. The molecule has 11 heteroatoms. The number of rotatable bonds is 5. The standard InChI is InChI=1S/C13H11BrClNO6S2/c1-23(17,18)16-11-4-3-9(24(19,20)21)7-13(11)22-12-5-2-8(14)6-10(12)15/h2-7,16H,1H3,(H,19,20,21). The molecule has 0 atom stereocenters. The highest BCUT2D eigenvalue weighted by Gasteiger charge is 2.17. The van der Waals surface area contributed by atoms with Gasteiger partial charge in [-0.2, -0.15) is 8.42 Å². The number of hydrogen-bond donors (Lipinski definition) is 2. The van der Waals surface area contributed by atoms with Gasteiger partial charge in [-0.25, -0.2) is 8.42 Å². The molecule has 0 bridgehead atoms. The fourth-order valence-electron chi connectivity index (χ4n) is 1.71. The minimum Gasteiger partial charge on any atom is -0.454 e. The van der Waals surface area contributed by atoms with Crippen LogP contribution in [0.5, 0.6) is 11.5 Å². The van der Waals surface area contributed by atoms with Crippen molar-refractivity contribution in [1.29, 1.82) is 0 Å². The zero-order chi connectivity index (χ0) is 18.1. The molecule has 0 fully saturated rings. The van der Waals surface area contributed by atoms with Crippen molar-refractivity contribution in [2.75, 3.05) is 11.0 Å². The van der Waals surface area contributed by atoms with Crippen LogP contribution in [-0.2, 0) is 20.1 Å². The molecule has 0 saturated heterocycles. The number of anilines is 1. The van der Waals surface area contributed by atoms with Crippen molar-refractivity contribution in [1.82, 2.24) is 0 Å². The molecule has 0 amide bonds. The SMILES string of the molecule is CS(=O)(=O)Nc1ccc(S(=O)(=O)O)cc1Oc1ccc(Br)cc1Cl. The zero-order valence-corrected chi connectivity index (χ0v) is 16.0. The predicted molar refractivity (Wildman–Crippen MR) is 93.9 cm³/mol. The Labute approximate surface area is 152 Å². The molecule has 0 aromatic heterocycles. The van der Waals surface area contributed by atoms with Crippen molar-refractivity contribution < 1.29 is 26.1 Å². The maximum Gasteiger partial charge on any atom is 0.294 e. The third-order valence-electron chi connectivity index (χ3n) is 2.66. The first-order chi connectivity index (χ1) is 11.0. The number of hydrogen-bond acceptors (Lipinski definition) is 5. The predicted octanol–water partition coefficient (Wildman–Crippen LogP) is 3.51. The van der Waals surface area contributed by atoms with E-state index < -0.39 is 25.0 Å². The average molecular weight is 457 g/mol. The minimum absolute atomic E-state index is 0.0103. The molecular formula is C13H11BrClNO6S2. The quantitative estimate of drug-likeness (QED) is 0.666. The topological polar surface area (TPSA) is 110 Å². The van der Waals surface area contributed by atoms with E-state index in [1.54, 1.807) is 12.1 Å². The monoisotopic (exact) mass is 455 g/mol. The van der Waals surface area contributed by atoms with Crippen molar-refractivity contribution in [3.8, 4) is 11.5 Å². The Balaban J connectivity index is 2.54. The lowest BCUT2D eigenvalue weighted by atomic mass is 10.3. The molecule has 24 heavy (non-hydrogen) atoms. The van der Waals surface area contributed by atoms with Crippen LogP contribution < -0.4 is 9.46 Å². The zero-order valence-electron chi connectivity index (χ0n) is 12.0. The van der Waals surface area contributed by atoms with Gasteiger partial charge in [0.1, 0.15) is 5.75 Å². The van der Waals surface area contributed by atoms with Gasteiger partial charge in [0.05, 0.1) is 21.9 Å². The summed E-state index contributed by atoms with van der Waals surface area (Å²) in [6.45, 7) is 0. The highest BCUT2D eigenvalue weighted by atomic mass is 79.9. The van der Waals surface area contributed by atoms with Gasteiger partial charge in [-0.3, -0.25) is 9.27 Å². The molecular weight excluding hydrogens is 446 g/mol. The molecule has 0 spiro atoms. The third kappa shape index (κ3) is 5.08. The Morgan fingerprint density at radius 2 is 1.75 bits per heavy atom. The van der Waals surface area contributed by atoms with Gasteiger partial charge >= 0.3 is 0 Å². The molecule has 2 aromatic carbocycles. The second kappa shape index (κ2) is 6.89. The van der Waals surface area contributed by atoms with Crippen LogP contribution in [0.15, 0.2) is 45.8 Å². The van der Waals surface area contributed by atoms with Gasteiger partial charge in [-0.15, -0.1) is 0 Å². The van der Waals surface area contributed by atoms with E-state index in [0.29, 0.717) is 4.47 Å². The van der Waals surface area contributed by atoms with Crippen LogP contribution in [0.4, 0.5) is 5.69 Å². The van der Waals surface area contributed by atoms with Gasteiger partial charge in [-0.05, 0) is 30.3 Å². The first-order valence-corrected chi connectivity index (χ1v) is 10.7. The fourth-order valence-corrected chi connectivity index (χ4v) is 3.48. The minimum atomic E-state index is -4.49. The van der Waals surface area contributed by atoms with E-state index in [2.05, 4.69) is 20.7 Å². The summed E-state index contributed by atoms with van der Waals surface area (Å²) in [6.07, 6.45) is 0.931. The molecule has 0 aliphatic rings. The van der Waals surface area contributed by atoms with E-state index in [1.807, 2.05) is 0 Å². The number of nitrogens with one attached hydrogen (secondary N) is 1. The van der Waals surface area contributed by atoms with E-state index in [1.165, 1.54) is 6.07 Å². The molecule has 0 heterocycles. The lowest BCUT2D eigenvalue weighted by Gasteiger charge is -2.14. The number of sulfonamides is 1. The van der Waals surface area contributed by atoms with Crippen LogP contribution in [0.1, 0.15) is 0 Å². The number of halogens is 2. The maximum absolute atomic E-state index is 11.4. The average Bonchev–Trinajstić information content (AvgIpc) is 2.40. The summed E-state index contributed by atoms with van der Waals surface area (Å²) in [5, 5.41) is 0.215. The Bertz CT molecular complexity index is 992. The van der Waals surface area contributed by atoms with Gasteiger partial charge in [0.25, 0.3) is 10.1 Å². The summed E-state index contributed by atoms with van der Waals surface area (Å²) in [5.74, 6) is 0.0312. The Kier molecular flexibility index (Phi) is 5.45. The Morgan fingerprint density at radius 3 is 2.29 bits per heavy atom. The van der Waals surface area contributed by atoms with Crippen molar-refractivity contribution in [3.05, 3.63) is 45.9 Å². The number of ether oxygens (including phenoxy) is 1. The molecule has 7 nitrogen and oxygen atoms in total. The lowest BCUT2D eigenvalue weighted by Crippen LogP contribution is -2.11. The van der Waals surface area contributed by atoms with Gasteiger partial charge in [0.2, 0.25) is 10.0 Å². The molecule has 2 rings (SSSR count). The van der Waals surface area contributed by atoms with Crippen molar-refractivity contribution in [2.45, 2.75) is 4.90 Å². The van der Waals surface area contributed by atoms with Gasteiger partial charge in [0.15, 0.2) is 5.75 Å². The molecule has 0 aliphatic heterocycles. The highest BCUT2D eigenvalue weighted by molar-refractivity contribution is 9.10. The summed E-state index contributed by atoms with van der Waals surface area (Å²) in [6, 6.07) is 7.88. The van der Waals surface area contributed by atoms with Crippen molar-refractivity contribution in [2.24, 2.45) is 0 Å². The van der Waals surface area contributed by atoms with Gasteiger partial charge in [0, 0.05) is 10.5 Å². The molecule has 2 N–H and O–H groups in total. The Hall–Kier alpha value is -1.33. The first kappa shape index (κ1) is 19.0. The van der Waals surface area contributed by atoms with E-state index in [0.717, 1.165) is 24.5 Å². The highest BCUT2D eigenvalue weighted by Crippen LogP contribution is 2.36. The van der Waals surface area contributed by atoms with E-state index in [9.17, 15) is 16.8 Å². The molecule has 2 aromatic rings. The first-order valence-electron chi connectivity index (χ1n) is 6.18. The summed E-state index contributed by atoms with van der Waals surface area (Å²) >= 11 is 9.26. The van der Waals surface area contributed by atoms with Crippen LogP contribution in [0, 0.1) is 0 Å². The van der Waals surface area contributed by atoms with E-state index >= 15 is 0 Å². The van der Waals surface area contributed by atoms with Crippen LogP contribution in [0.2, 0.25) is 5.02 Å². The second-order valence-electron chi connectivity index (χ2n) is 4.68. The van der Waals surface area contributed by atoms with Gasteiger partial charge in [-0.1, -0.05) is 27.5 Å². The van der Waals surface area contributed by atoms with Crippen molar-refractivity contribution >= 4 is 53.4 Å². The fraction of sp³-hybridized carbons (Fsp3) is 0.0769. The van der Waals surface area contributed by atoms with Gasteiger partial charge < -0.3 is 4.74 Å². The summed E-state index contributed by atoms with van der Waals surface area (Å²) in [5.41, 5.74) is -0.0103. The summed E-state index contributed by atoms with van der Waals surface area (Å²) < 4.78 is 63.0. The van der Waals surface area contributed by atoms with E-state index in [-0.39, 0.29) is 22.2 Å². The van der Waals surface area contributed by atoms with Crippen molar-refractivity contribution in [3.63, 3.8) is 0 Å². The van der Waals surface area contributed by atoms with Crippen LogP contribution in [0.25, 0.3) is 0 Å². The molecule has 0 unspecified atom stereocenters. The lowest BCUT2D eigenvalue weighted by molar-refractivity contribution is 0.473. The number of benzene rings is 2. The van der Waals surface area contributed by atoms with Crippen LogP contribution in [-0.4, -0.2) is 27.6 Å². The molecule has 130 valence electrons. The Morgan fingerprint density at radius 1 is 1.08 bits per heavy atom. The second-order valence-corrected chi connectivity index (χ2v) is 9.18. The van der Waals surface area contributed by atoms with Crippen LogP contribution >= 0.6 is 27.5 Å². The third-order valence-corrected chi connectivity index (χ3v) is 4.89. The van der Waals surface area contributed by atoms with E-state index in [4.69, 9.17) is 20.9 Å². The molecule has 0 radical (unpaired) electrons. The van der Waals surface area contributed by atoms with Crippen LogP contribution in [0.3, 0.4) is 0 Å². The normalized spacial score (nSPS) is 12.0.